The second-order valence-electron chi connectivity index (χ2n) is 7.65. The van der Waals surface area contributed by atoms with Crippen LogP contribution in [0.15, 0.2) is 54.1 Å². The zero-order valence-electron chi connectivity index (χ0n) is 19.3. The van der Waals surface area contributed by atoms with Crippen LogP contribution in [-0.2, 0) is 14.3 Å². The van der Waals surface area contributed by atoms with Gasteiger partial charge in [0, 0.05) is 17.7 Å². The molecule has 1 fully saturated rings. The summed E-state index contributed by atoms with van der Waals surface area (Å²) in [4.78, 5) is 54.6. The van der Waals surface area contributed by atoms with Gasteiger partial charge in [-0.05, 0) is 48.9 Å². The van der Waals surface area contributed by atoms with E-state index >= 15 is 0 Å². The number of carbonyl (C=O) groups is 3. The molecule has 1 N–H and O–H groups in total. The van der Waals surface area contributed by atoms with E-state index in [1.165, 1.54) is 50.6 Å². The van der Waals surface area contributed by atoms with Crippen LogP contribution in [0.4, 0.5) is 10.8 Å². The summed E-state index contributed by atoms with van der Waals surface area (Å²) in [6, 6.07) is 10.3. The minimum Gasteiger partial charge on any atom is -0.507 e. The molecule has 12 heteroatoms. The maximum atomic E-state index is 13.2. The molecule has 0 radical (unpaired) electrons. The normalized spacial score (nSPS) is 16.8. The van der Waals surface area contributed by atoms with Gasteiger partial charge in [0.1, 0.15) is 16.4 Å². The molecule has 184 valence electrons. The molecule has 36 heavy (non-hydrogen) atoms. The summed E-state index contributed by atoms with van der Waals surface area (Å²) in [5, 5.41) is 22.3. The molecule has 11 nitrogen and oxygen atoms in total. The Balaban J connectivity index is 1.92. The maximum absolute atomic E-state index is 13.2. The summed E-state index contributed by atoms with van der Waals surface area (Å²) in [5.41, 5.74) is 0.449. The SMILES string of the molecule is COC(=O)c1sc(N2C(=O)C(=O)C(=C(O)c3ccc(OC)cc3)C2c2ccc([N+](=O)[O-])cc2)nc1C. The van der Waals surface area contributed by atoms with Gasteiger partial charge in [-0.25, -0.2) is 9.78 Å². The highest BCUT2D eigenvalue weighted by molar-refractivity contribution is 7.17. The van der Waals surface area contributed by atoms with Gasteiger partial charge in [-0.15, -0.1) is 0 Å². The van der Waals surface area contributed by atoms with Crippen molar-refractivity contribution in [3.63, 3.8) is 0 Å². The number of benzene rings is 2. The van der Waals surface area contributed by atoms with Gasteiger partial charge >= 0.3 is 11.9 Å². The first kappa shape index (κ1) is 24.5. The lowest BCUT2D eigenvalue weighted by Crippen LogP contribution is -2.29. The van der Waals surface area contributed by atoms with Crippen LogP contribution < -0.4 is 9.64 Å². The number of aryl methyl sites for hydroxylation is 1. The number of ketones is 1. The van der Waals surface area contributed by atoms with Gasteiger partial charge in [0.05, 0.1) is 36.5 Å². The van der Waals surface area contributed by atoms with Crippen molar-refractivity contribution >= 4 is 45.6 Å². The summed E-state index contributed by atoms with van der Waals surface area (Å²) < 4.78 is 9.89. The van der Waals surface area contributed by atoms with Crippen molar-refractivity contribution < 1.29 is 33.9 Å². The molecule has 1 atom stereocenters. The molecular weight excluding hydrogens is 490 g/mol. The standard InChI is InChI=1S/C24H19N3O8S/c1-12-21(23(31)35-3)36-24(25-12)26-18(13-4-8-15(9-5-13)27(32)33)17(20(29)22(26)30)19(28)14-6-10-16(34-2)11-7-14/h4-11,18,28H,1-3H3. The first-order chi connectivity index (χ1) is 17.2. The number of ether oxygens (including phenoxy) is 2. The van der Waals surface area contributed by atoms with Gasteiger partial charge in [0.15, 0.2) is 5.13 Å². The summed E-state index contributed by atoms with van der Waals surface area (Å²) in [6.45, 7) is 1.56. The Morgan fingerprint density at radius 1 is 1.11 bits per heavy atom. The summed E-state index contributed by atoms with van der Waals surface area (Å²) in [7, 11) is 2.69. The van der Waals surface area contributed by atoms with Crippen molar-refractivity contribution in [1.29, 1.82) is 0 Å². The molecular formula is C24H19N3O8S. The number of hydrogen-bond donors (Lipinski definition) is 1. The number of aliphatic hydroxyl groups is 1. The molecule has 1 aromatic heterocycles. The highest BCUT2D eigenvalue weighted by atomic mass is 32.1. The van der Waals surface area contributed by atoms with Crippen molar-refractivity contribution in [3.05, 3.63) is 85.9 Å². The number of aromatic nitrogens is 1. The Morgan fingerprint density at radius 3 is 2.31 bits per heavy atom. The van der Waals surface area contributed by atoms with Crippen LogP contribution in [0.2, 0.25) is 0 Å². The molecule has 1 aliphatic heterocycles. The lowest BCUT2D eigenvalue weighted by atomic mass is 9.95. The lowest BCUT2D eigenvalue weighted by Gasteiger charge is -2.23. The summed E-state index contributed by atoms with van der Waals surface area (Å²) in [5.74, 6) is -2.52. The van der Waals surface area contributed by atoms with Gasteiger partial charge in [0.25, 0.3) is 11.5 Å². The summed E-state index contributed by atoms with van der Waals surface area (Å²) in [6.07, 6.45) is 0. The average molecular weight is 509 g/mol. The van der Waals surface area contributed by atoms with Crippen molar-refractivity contribution in [2.45, 2.75) is 13.0 Å². The van der Waals surface area contributed by atoms with Crippen LogP contribution in [0.5, 0.6) is 5.75 Å². The van der Waals surface area contributed by atoms with Crippen LogP contribution >= 0.6 is 11.3 Å². The number of non-ortho nitro benzene ring substituents is 1. The van der Waals surface area contributed by atoms with E-state index in [1.54, 1.807) is 19.1 Å². The van der Waals surface area contributed by atoms with E-state index in [0.717, 1.165) is 16.2 Å². The van der Waals surface area contributed by atoms with E-state index in [2.05, 4.69) is 4.98 Å². The molecule has 2 aromatic carbocycles. The number of carbonyl (C=O) groups excluding carboxylic acids is 3. The molecule has 0 aliphatic carbocycles. The fourth-order valence-corrected chi connectivity index (χ4v) is 4.81. The zero-order valence-corrected chi connectivity index (χ0v) is 20.1. The zero-order chi connectivity index (χ0) is 26.1. The van der Waals surface area contributed by atoms with Gasteiger partial charge < -0.3 is 14.6 Å². The largest absolute Gasteiger partial charge is 0.507 e. The number of nitrogens with zero attached hydrogens (tertiary/aromatic N) is 3. The Bertz CT molecular complexity index is 1410. The molecule has 1 unspecified atom stereocenters. The fourth-order valence-electron chi connectivity index (χ4n) is 3.80. The van der Waals surface area contributed by atoms with Crippen molar-refractivity contribution in [2.24, 2.45) is 0 Å². The first-order valence-electron chi connectivity index (χ1n) is 10.4. The molecule has 1 saturated heterocycles. The monoisotopic (exact) mass is 509 g/mol. The number of aliphatic hydroxyl groups excluding tert-OH is 1. The Hall–Kier alpha value is -4.58. The average Bonchev–Trinajstić information content (AvgIpc) is 3.39. The van der Waals surface area contributed by atoms with Gasteiger partial charge in [0.2, 0.25) is 0 Å². The minimum absolute atomic E-state index is 0.0344. The second-order valence-corrected chi connectivity index (χ2v) is 8.63. The molecule has 1 amide bonds. The van der Waals surface area contributed by atoms with E-state index in [-0.39, 0.29) is 26.8 Å². The molecule has 0 spiro atoms. The van der Waals surface area contributed by atoms with Crippen LogP contribution in [-0.4, -0.2) is 46.9 Å². The van der Waals surface area contributed by atoms with Gasteiger partial charge in [-0.3, -0.25) is 24.6 Å². The number of hydrogen-bond acceptors (Lipinski definition) is 10. The number of esters is 1. The van der Waals surface area contributed by atoms with Gasteiger partial charge in [-0.2, -0.15) is 0 Å². The number of rotatable bonds is 6. The predicted molar refractivity (Wildman–Crippen MR) is 129 cm³/mol. The van der Waals surface area contributed by atoms with Crippen molar-refractivity contribution in [1.82, 2.24) is 4.98 Å². The lowest BCUT2D eigenvalue weighted by molar-refractivity contribution is -0.384. The van der Waals surface area contributed by atoms with E-state index in [1.807, 2.05) is 0 Å². The minimum atomic E-state index is -1.16. The molecule has 3 aromatic rings. The van der Waals surface area contributed by atoms with Crippen LogP contribution in [0, 0.1) is 17.0 Å². The Kier molecular flexibility index (Phi) is 6.53. The Morgan fingerprint density at radius 2 is 1.75 bits per heavy atom. The maximum Gasteiger partial charge on any atom is 0.350 e. The third-order valence-electron chi connectivity index (χ3n) is 5.59. The number of anilines is 1. The smallest absolute Gasteiger partial charge is 0.350 e. The third kappa shape index (κ3) is 4.18. The predicted octanol–water partition coefficient (Wildman–Crippen LogP) is 3.78. The number of thiazole rings is 1. The number of methoxy groups -OCH3 is 2. The van der Waals surface area contributed by atoms with E-state index in [4.69, 9.17) is 9.47 Å². The third-order valence-corrected chi connectivity index (χ3v) is 6.73. The topological polar surface area (TPSA) is 149 Å². The van der Waals surface area contributed by atoms with Crippen LogP contribution in [0.3, 0.4) is 0 Å². The second kappa shape index (κ2) is 9.58. The number of nitro groups is 1. The van der Waals surface area contributed by atoms with Crippen molar-refractivity contribution in [3.8, 4) is 5.75 Å². The van der Waals surface area contributed by atoms with Crippen LogP contribution in [0.25, 0.3) is 5.76 Å². The molecule has 2 heterocycles. The molecule has 4 rings (SSSR count). The number of amides is 1. The molecule has 0 saturated carbocycles. The number of nitro benzene ring substituents is 1. The van der Waals surface area contributed by atoms with E-state index in [0.29, 0.717) is 17.0 Å². The fraction of sp³-hybridized carbons (Fsp3) is 0.167. The van der Waals surface area contributed by atoms with Gasteiger partial charge in [-0.1, -0.05) is 11.3 Å². The highest BCUT2D eigenvalue weighted by Gasteiger charge is 2.48. The van der Waals surface area contributed by atoms with E-state index in [9.17, 15) is 29.6 Å². The first-order valence-corrected chi connectivity index (χ1v) is 11.2. The van der Waals surface area contributed by atoms with E-state index < -0.39 is 34.4 Å². The van der Waals surface area contributed by atoms with Crippen molar-refractivity contribution in [2.75, 3.05) is 19.1 Å². The molecule has 1 aliphatic rings. The van der Waals surface area contributed by atoms with Crippen LogP contribution in [0.1, 0.15) is 32.5 Å². The Labute approximate surface area is 208 Å². The number of Topliss-reactive ketones (excluding diaryl/α,β-unsaturated/α-hetero) is 1. The molecule has 0 bridgehead atoms. The quantitative estimate of drug-likeness (QED) is 0.131. The highest BCUT2D eigenvalue weighted by Crippen LogP contribution is 2.44. The summed E-state index contributed by atoms with van der Waals surface area (Å²) >= 11 is 0.854.